The van der Waals surface area contributed by atoms with Crippen LogP contribution in [0.15, 0.2) is 42.5 Å². The van der Waals surface area contributed by atoms with E-state index in [2.05, 4.69) is 0 Å². The third-order valence-corrected chi connectivity index (χ3v) is 5.28. The van der Waals surface area contributed by atoms with Crippen LogP contribution in [0.5, 0.6) is 11.5 Å². The van der Waals surface area contributed by atoms with E-state index >= 15 is 0 Å². The van der Waals surface area contributed by atoms with Gasteiger partial charge in [-0.05, 0) is 48.7 Å². The molecule has 0 atom stereocenters. The molecule has 2 aliphatic rings. The van der Waals surface area contributed by atoms with Gasteiger partial charge in [0.15, 0.2) is 23.9 Å². The lowest BCUT2D eigenvalue weighted by Gasteiger charge is -2.39. The minimum absolute atomic E-state index is 0.144. The zero-order chi connectivity index (χ0) is 18.1. The largest absolute Gasteiger partial charge is 0.457 e. The van der Waals surface area contributed by atoms with Gasteiger partial charge in [0.2, 0.25) is 6.79 Å². The molecule has 0 spiro atoms. The second-order valence-corrected chi connectivity index (χ2v) is 6.95. The molecule has 0 unspecified atom stereocenters. The Bertz CT molecular complexity index is 855. The Hall–Kier alpha value is -2.53. The molecule has 0 amide bonds. The quantitative estimate of drug-likeness (QED) is 0.588. The molecule has 1 saturated carbocycles. The molecule has 1 aliphatic heterocycles. The summed E-state index contributed by atoms with van der Waals surface area (Å²) in [5.74, 6) is 0.496. The van der Waals surface area contributed by atoms with Crippen LogP contribution in [-0.2, 0) is 14.9 Å². The lowest BCUT2D eigenvalue weighted by molar-refractivity contribution is -0.153. The highest BCUT2D eigenvalue weighted by molar-refractivity contribution is 6.30. The minimum Gasteiger partial charge on any atom is -0.457 e. The van der Waals surface area contributed by atoms with Gasteiger partial charge in [0.1, 0.15) is 0 Å². The Morgan fingerprint density at radius 1 is 1.04 bits per heavy atom. The first-order valence-corrected chi connectivity index (χ1v) is 8.82. The Morgan fingerprint density at radius 3 is 2.46 bits per heavy atom. The van der Waals surface area contributed by atoms with Gasteiger partial charge in [-0.15, -0.1) is 0 Å². The smallest absolute Gasteiger partial charge is 0.317 e. The Balaban J connectivity index is 1.44. The summed E-state index contributed by atoms with van der Waals surface area (Å²) < 4.78 is 15.9. The van der Waals surface area contributed by atoms with Gasteiger partial charge in [0, 0.05) is 10.6 Å². The molecule has 26 heavy (non-hydrogen) atoms. The van der Waals surface area contributed by atoms with Crippen molar-refractivity contribution < 1.29 is 23.8 Å². The Kier molecular flexibility index (Phi) is 4.32. The van der Waals surface area contributed by atoms with Crippen LogP contribution in [0.3, 0.4) is 0 Å². The van der Waals surface area contributed by atoms with Crippen LogP contribution in [-0.4, -0.2) is 25.2 Å². The van der Waals surface area contributed by atoms with Crippen LogP contribution in [0, 0.1) is 0 Å². The van der Waals surface area contributed by atoms with E-state index in [0.717, 1.165) is 12.0 Å². The second-order valence-electron chi connectivity index (χ2n) is 6.51. The number of carbonyl (C=O) groups is 2. The Labute approximate surface area is 155 Å². The van der Waals surface area contributed by atoms with Crippen LogP contribution in [0.1, 0.15) is 35.2 Å². The van der Waals surface area contributed by atoms with Crippen LogP contribution >= 0.6 is 11.6 Å². The molecular weight excluding hydrogens is 356 g/mol. The normalized spacial score (nSPS) is 16.7. The van der Waals surface area contributed by atoms with Crippen molar-refractivity contribution in [2.75, 3.05) is 13.4 Å². The predicted octanol–water partition coefficient (Wildman–Crippen LogP) is 3.92. The molecule has 0 N–H and O–H groups in total. The van der Waals surface area contributed by atoms with Crippen LogP contribution in [0.2, 0.25) is 5.02 Å². The number of Topliss-reactive ketones (excluding diaryl/α,β-unsaturated/α-hetero) is 1. The molecule has 5 nitrogen and oxygen atoms in total. The number of fused-ring (bicyclic) bond motifs is 1. The fraction of sp³-hybridized carbons (Fsp3) is 0.300. The van der Waals surface area contributed by atoms with Crippen molar-refractivity contribution in [3.05, 3.63) is 58.6 Å². The zero-order valence-electron chi connectivity index (χ0n) is 14.0. The van der Waals surface area contributed by atoms with Gasteiger partial charge in [0.25, 0.3) is 0 Å². The summed E-state index contributed by atoms with van der Waals surface area (Å²) in [6.07, 6.45) is 2.38. The minimum atomic E-state index is -0.667. The number of esters is 1. The van der Waals surface area contributed by atoms with Crippen molar-refractivity contribution in [1.29, 1.82) is 0 Å². The van der Waals surface area contributed by atoms with E-state index in [9.17, 15) is 9.59 Å². The van der Waals surface area contributed by atoms with Crippen molar-refractivity contribution in [1.82, 2.24) is 0 Å². The fourth-order valence-electron chi connectivity index (χ4n) is 3.33. The summed E-state index contributed by atoms with van der Waals surface area (Å²) in [6, 6.07) is 12.2. The van der Waals surface area contributed by atoms with Crippen molar-refractivity contribution in [3.63, 3.8) is 0 Å². The highest BCUT2D eigenvalue weighted by atomic mass is 35.5. The van der Waals surface area contributed by atoms with E-state index in [-0.39, 0.29) is 25.2 Å². The average molecular weight is 373 g/mol. The number of rotatable bonds is 5. The van der Waals surface area contributed by atoms with E-state index < -0.39 is 5.41 Å². The summed E-state index contributed by atoms with van der Waals surface area (Å²) in [5.41, 5.74) is 0.643. The summed E-state index contributed by atoms with van der Waals surface area (Å²) in [4.78, 5) is 25.1. The molecule has 6 heteroatoms. The molecular formula is C20H17ClO5. The van der Waals surface area contributed by atoms with Gasteiger partial charge in [-0.2, -0.15) is 0 Å². The third kappa shape index (κ3) is 2.92. The van der Waals surface area contributed by atoms with Gasteiger partial charge in [-0.1, -0.05) is 30.2 Å². The molecule has 0 radical (unpaired) electrons. The van der Waals surface area contributed by atoms with E-state index in [1.165, 1.54) is 0 Å². The highest BCUT2D eigenvalue weighted by Gasteiger charge is 2.47. The van der Waals surface area contributed by atoms with Gasteiger partial charge in [-0.25, -0.2) is 0 Å². The maximum atomic E-state index is 12.7. The first kappa shape index (κ1) is 16.9. The fourth-order valence-corrected chi connectivity index (χ4v) is 3.46. The van der Waals surface area contributed by atoms with Gasteiger partial charge in [0.05, 0.1) is 5.41 Å². The number of ketones is 1. The lowest BCUT2D eigenvalue weighted by Crippen LogP contribution is -2.44. The van der Waals surface area contributed by atoms with Crippen LogP contribution in [0.4, 0.5) is 0 Å². The highest BCUT2D eigenvalue weighted by Crippen LogP contribution is 2.45. The molecule has 4 rings (SSSR count). The summed E-state index contributed by atoms with van der Waals surface area (Å²) in [5, 5.41) is 0.620. The number of hydrogen-bond acceptors (Lipinski definition) is 5. The maximum absolute atomic E-state index is 12.7. The zero-order valence-corrected chi connectivity index (χ0v) is 14.8. The molecule has 2 aromatic carbocycles. The van der Waals surface area contributed by atoms with E-state index in [1.807, 2.05) is 12.1 Å². The first-order chi connectivity index (χ1) is 12.6. The van der Waals surface area contributed by atoms with Crippen molar-refractivity contribution >= 4 is 23.4 Å². The van der Waals surface area contributed by atoms with Gasteiger partial charge >= 0.3 is 5.97 Å². The molecule has 0 saturated heterocycles. The average Bonchev–Trinajstić information content (AvgIpc) is 3.08. The number of ether oxygens (including phenoxy) is 3. The van der Waals surface area contributed by atoms with E-state index in [1.54, 1.807) is 30.3 Å². The van der Waals surface area contributed by atoms with Crippen molar-refractivity contribution in [2.45, 2.75) is 24.7 Å². The molecule has 0 aromatic heterocycles. The van der Waals surface area contributed by atoms with Crippen LogP contribution in [0.25, 0.3) is 0 Å². The second kappa shape index (κ2) is 6.65. The Morgan fingerprint density at radius 2 is 1.77 bits per heavy atom. The summed E-state index contributed by atoms with van der Waals surface area (Å²) in [6.45, 7) is -0.153. The molecule has 1 aliphatic carbocycles. The van der Waals surface area contributed by atoms with Crippen LogP contribution < -0.4 is 9.47 Å². The molecule has 134 valence electrons. The molecule has 2 aromatic rings. The summed E-state index contributed by atoms with van der Waals surface area (Å²) >= 11 is 5.93. The lowest BCUT2D eigenvalue weighted by atomic mass is 9.64. The SMILES string of the molecule is O=C(COC(=O)C1(c2ccc(Cl)cc2)CCC1)c1ccc2c(c1)OCO2. The van der Waals surface area contributed by atoms with E-state index in [4.69, 9.17) is 25.8 Å². The maximum Gasteiger partial charge on any atom is 0.317 e. The third-order valence-electron chi connectivity index (χ3n) is 5.02. The topological polar surface area (TPSA) is 61.8 Å². The van der Waals surface area contributed by atoms with E-state index in [0.29, 0.717) is 34.9 Å². The van der Waals surface area contributed by atoms with Gasteiger partial charge < -0.3 is 14.2 Å². The number of halogens is 1. The predicted molar refractivity (Wildman–Crippen MR) is 94.8 cm³/mol. The summed E-state index contributed by atoms with van der Waals surface area (Å²) in [7, 11) is 0. The first-order valence-electron chi connectivity index (χ1n) is 8.45. The van der Waals surface area contributed by atoms with Crippen molar-refractivity contribution in [3.8, 4) is 11.5 Å². The number of benzene rings is 2. The number of hydrogen-bond donors (Lipinski definition) is 0. The monoisotopic (exact) mass is 372 g/mol. The number of carbonyl (C=O) groups excluding carboxylic acids is 2. The van der Waals surface area contributed by atoms with Gasteiger partial charge in [-0.3, -0.25) is 9.59 Å². The molecule has 1 heterocycles. The molecule has 0 bridgehead atoms. The van der Waals surface area contributed by atoms with Crippen molar-refractivity contribution in [2.24, 2.45) is 0 Å². The standard InChI is InChI=1S/C20H17ClO5/c21-15-5-3-14(4-6-15)20(8-1-9-20)19(23)24-11-16(22)13-2-7-17-18(10-13)26-12-25-17/h2-7,10H,1,8-9,11-12H2. The molecule has 1 fully saturated rings.